The van der Waals surface area contributed by atoms with Gasteiger partial charge < -0.3 is 15.8 Å². The molecule has 0 aromatic heterocycles. The number of hydrogen-bond acceptors (Lipinski definition) is 3. The average molecular weight is 284 g/mol. The van der Waals surface area contributed by atoms with Crippen molar-refractivity contribution in [1.82, 2.24) is 5.32 Å². The number of ether oxygens (including phenoxy) is 1. The van der Waals surface area contributed by atoms with E-state index in [4.69, 9.17) is 10.5 Å². The van der Waals surface area contributed by atoms with Gasteiger partial charge in [0.05, 0.1) is 11.7 Å². The monoisotopic (exact) mass is 284 g/mol. The fourth-order valence-corrected chi connectivity index (χ4v) is 3.00. The first-order chi connectivity index (χ1) is 10.2. The summed E-state index contributed by atoms with van der Waals surface area (Å²) in [6, 6.07) is 11.8. The molecule has 4 nitrogen and oxygen atoms in total. The third kappa shape index (κ3) is 2.85. The van der Waals surface area contributed by atoms with Crippen LogP contribution in [0.5, 0.6) is 0 Å². The van der Waals surface area contributed by atoms with Crippen molar-refractivity contribution in [3.63, 3.8) is 0 Å². The molecule has 21 heavy (non-hydrogen) atoms. The molecule has 0 radical (unpaired) electrons. The van der Waals surface area contributed by atoms with Crippen LogP contribution in [0.1, 0.15) is 29.6 Å². The van der Waals surface area contributed by atoms with Gasteiger partial charge in [-0.1, -0.05) is 24.3 Å². The molecule has 1 saturated carbocycles. The van der Waals surface area contributed by atoms with Gasteiger partial charge in [-0.15, -0.1) is 0 Å². The van der Waals surface area contributed by atoms with E-state index >= 15 is 0 Å². The van der Waals surface area contributed by atoms with Gasteiger partial charge in [0.2, 0.25) is 0 Å². The molecule has 0 heterocycles. The summed E-state index contributed by atoms with van der Waals surface area (Å²) in [5, 5.41) is 5.14. The Morgan fingerprint density at radius 1 is 1.24 bits per heavy atom. The Labute approximate surface area is 124 Å². The molecule has 1 fully saturated rings. The van der Waals surface area contributed by atoms with Gasteiger partial charge in [0.15, 0.2) is 0 Å². The minimum absolute atomic E-state index is 0.0972. The number of fused-ring (bicyclic) bond motifs is 1. The van der Waals surface area contributed by atoms with Crippen LogP contribution in [0.4, 0.5) is 5.69 Å². The second-order valence-electron chi connectivity index (χ2n) is 5.63. The molecule has 1 aliphatic rings. The maximum Gasteiger partial charge on any atom is 0.253 e. The molecular formula is C17H20N2O2. The van der Waals surface area contributed by atoms with Crippen LogP contribution in [0, 0.1) is 0 Å². The van der Waals surface area contributed by atoms with Crippen LogP contribution in [0.3, 0.4) is 0 Å². The number of carbonyl (C=O) groups is 1. The molecule has 2 aromatic carbocycles. The fraction of sp³-hybridized carbons (Fsp3) is 0.353. The first kappa shape index (κ1) is 13.9. The highest BCUT2D eigenvalue weighted by molar-refractivity contribution is 6.04. The predicted molar refractivity (Wildman–Crippen MR) is 84.3 cm³/mol. The van der Waals surface area contributed by atoms with Crippen molar-refractivity contribution in [1.29, 1.82) is 0 Å². The number of amides is 1. The highest BCUT2D eigenvalue weighted by Crippen LogP contribution is 2.24. The molecule has 0 aliphatic heterocycles. The Morgan fingerprint density at radius 3 is 2.62 bits per heavy atom. The van der Waals surface area contributed by atoms with Gasteiger partial charge in [-0.25, -0.2) is 0 Å². The van der Waals surface area contributed by atoms with Crippen LogP contribution >= 0.6 is 0 Å². The zero-order chi connectivity index (χ0) is 14.8. The largest absolute Gasteiger partial charge is 0.398 e. The molecule has 4 heteroatoms. The third-order valence-electron chi connectivity index (χ3n) is 4.22. The number of hydrogen-bond donors (Lipinski definition) is 2. The smallest absolute Gasteiger partial charge is 0.253 e. The lowest BCUT2D eigenvalue weighted by Gasteiger charge is -2.14. The van der Waals surface area contributed by atoms with Gasteiger partial charge in [0, 0.05) is 18.8 Å². The highest BCUT2D eigenvalue weighted by atomic mass is 16.5. The topological polar surface area (TPSA) is 64.3 Å². The number of nitrogens with one attached hydrogen (secondary N) is 1. The van der Waals surface area contributed by atoms with Crippen LogP contribution in [0.2, 0.25) is 0 Å². The molecule has 1 aliphatic carbocycles. The number of rotatable bonds is 3. The van der Waals surface area contributed by atoms with Crippen molar-refractivity contribution in [3.05, 3.63) is 42.0 Å². The number of nitrogens with two attached hydrogens (primary N) is 1. The molecule has 110 valence electrons. The number of nitrogen functional groups attached to an aromatic ring is 1. The summed E-state index contributed by atoms with van der Waals surface area (Å²) < 4.78 is 5.33. The molecule has 3 N–H and O–H groups in total. The zero-order valence-corrected chi connectivity index (χ0v) is 12.1. The summed E-state index contributed by atoms with van der Waals surface area (Å²) >= 11 is 0. The summed E-state index contributed by atoms with van der Waals surface area (Å²) in [7, 11) is 1.72. The Morgan fingerprint density at radius 2 is 1.95 bits per heavy atom. The lowest BCUT2D eigenvalue weighted by molar-refractivity contribution is 0.0916. The molecule has 2 atom stereocenters. The van der Waals surface area contributed by atoms with E-state index in [1.807, 2.05) is 36.4 Å². The van der Waals surface area contributed by atoms with E-state index in [0.717, 1.165) is 30.0 Å². The molecular weight excluding hydrogens is 264 g/mol. The average Bonchev–Trinajstić information content (AvgIpc) is 2.94. The van der Waals surface area contributed by atoms with Crippen molar-refractivity contribution in [3.8, 4) is 0 Å². The summed E-state index contributed by atoms with van der Waals surface area (Å²) in [6.45, 7) is 0. The molecule has 2 unspecified atom stereocenters. The third-order valence-corrected chi connectivity index (χ3v) is 4.22. The summed E-state index contributed by atoms with van der Waals surface area (Å²) in [4.78, 5) is 12.4. The van der Waals surface area contributed by atoms with E-state index in [1.165, 1.54) is 0 Å². The lowest BCUT2D eigenvalue weighted by Crippen LogP contribution is -2.33. The quantitative estimate of drug-likeness (QED) is 0.852. The lowest BCUT2D eigenvalue weighted by atomic mass is 10.0. The zero-order valence-electron chi connectivity index (χ0n) is 12.1. The van der Waals surface area contributed by atoms with Gasteiger partial charge in [-0.2, -0.15) is 0 Å². The van der Waals surface area contributed by atoms with E-state index in [9.17, 15) is 4.79 Å². The van der Waals surface area contributed by atoms with Gasteiger partial charge in [-0.05, 0) is 42.2 Å². The van der Waals surface area contributed by atoms with Crippen molar-refractivity contribution in [2.45, 2.75) is 31.4 Å². The van der Waals surface area contributed by atoms with Gasteiger partial charge in [0.1, 0.15) is 0 Å². The summed E-state index contributed by atoms with van der Waals surface area (Å²) in [5.74, 6) is -0.0972. The number of carbonyl (C=O) groups excluding carboxylic acids is 1. The van der Waals surface area contributed by atoms with Crippen molar-refractivity contribution in [2.24, 2.45) is 0 Å². The second-order valence-corrected chi connectivity index (χ2v) is 5.63. The molecule has 0 bridgehead atoms. The Balaban J connectivity index is 1.80. The molecule has 0 saturated heterocycles. The first-order valence-electron chi connectivity index (χ1n) is 7.29. The van der Waals surface area contributed by atoms with E-state index in [0.29, 0.717) is 11.3 Å². The SMILES string of the molecule is COC1CCC(NC(=O)c2cc3ccccc3cc2N)C1. The van der Waals surface area contributed by atoms with E-state index in [-0.39, 0.29) is 18.1 Å². The molecule has 1 amide bonds. The standard InChI is InChI=1S/C17H20N2O2/c1-21-14-7-6-13(10-14)19-17(20)15-8-11-4-2-3-5-12(11)9-16(15)18/h2-5,8-9,13-14H,6-7,10,18H2,1H3,(H,19,20). The van der Waals surface area contributed by atoms with Gasteiger partial charge in [-0.3, -0.25) is 4.79 Å². The first-order valence-corrected chi connectivity index (χ1v) is 7.29. The van der Waals surface area contributed by atoms with Crippen LogP contribution in [-0.4, -0.2) is 25.2 Å². The van der Waals surface area contributed by atoms with Crippen LogP contribution in [-0.2, 0) is 4.74 Å². The van der Waals surface area contributed by atoms with Gasteiger partial charge in [0.25, 0.3) is 5.91 Å². The maximum atomic E-state index is 12.4. The highest BCUT2D eigenvalue weighted by Gasteiger charge is 2.26. The minimum Gasteiger partial charge on any atom is -0.398 e. The normalized spacial score (nSPS) is 21.6. The van der Waals surface area contributed by atoms with Gasteiger partial charge >= 0.3 is 0 Å². The van der Waals surface area contributed by atoms with E-state index < -0.39 is 0 Å². The summed E-state index contributed by atoms with van der Waals surface area (Å²) in [6.07, 6.45) is 3.08. The molecule has 0 spiro atoms. The minimum atomic E-state index is -0.0972. The Hall–Kier alpha value is -2.07. The Bertz CT molecular complexity index is 669. The predicted octanol–water partition coefficient (Wildman–Crippen LogP) is 2.72. The van der Waals surface area contributed by atoms with Crippen LogP contribution in [0.15, 0.2) is 36.4 Å². The second kappa shape index (κ2) is 5.74. The van der Waals surface area contributed by atoms with E-state index in [1.54, 1.807) is 7.11 Å². The number of benzene rings is 2. The fourth-order valence-electron chi connectivity index (χ4n) is 3.00. The van der Waals surface area contributed by atoms with E-state index in [2.05, 4.69) is 5.32 Å². The van der Waals surface area contributed by atoms with Crippen molar-refractivity contribution >= 4 is 22.4 Å². The molecule has 2 aromatic rings. The van der Waals surface area contributed by atoms with Crippen LogP contribution in [0.25, 0.3) is 10.8 Å². The number of methoxy groups -OCH3 is 1. The number of anilines is 1. The Kier molecular flexibility index (Phi) is 3.80. The van der Waals surface area contributed by atoms with Crippen molar-refractivity contribution in [2.75, 3.05) is 12.8 Å². The van der Waals surface area contributed by atoms with Crippen LogP contribution < -0.4 is 11.1 Å². The van der Waals surface area contributed by atoms with Crippen molar-refractivity contribution < 1.29 is 9.53 Å². The summed E-state index contributed by atoms with van der Waals surface area (Å²) in [5.41, 5.74) is 7.10. The maximum absolute atomic E-state index is 12.4. The molecule has 3 rings (SSSR count).